The van der Waals surface area contributed by atoms with Crippen LogP contribution in [0.15, 0.2) is 35.2 Å². The van der Waals surface area contributed by atoms with Crippen LogP contribution in [0.4, 0.5) is 0 Å². The summed E-state index contributed by atoms with van der Waals surface area (Å²) in [6, 6.07) is 8.43. The first-order valence-electron chi connectivity index (χ1n) is 9.35. The number of rotatable bonds is 5. The molecule has 9 heteroatoms. The molecular formula is C19H23N3O5S. The molecule has 150 valence electrons. The molecule has 0 N–H and O–H groups in total. The van der Waals surface area contributed by atoms with Gasteiger partial charge in [0.2, 0.25) is 15.9 Å². The maximum absolute atomic E-state index is 13.0. The van der Waals surface area contributed by atoms with Crippen LogP contribution in [0.2, 0.25) is 0 Å². The average Bonchev–Trinajstić information content (AvgIpc) is 2.73. The summed E-state index contributed by atoms with van der Waals surface area (Å²) in [5.74, 6) is 1.85. The van der Waals surface area contributed by atoms with Gasteiger partial charge in [0.05, 0.1) is 17.2 Å². The summed E-state index contributed by atoms with van der Waals surface area (Å²) in [6.07, 6.45) is 1.48. The van der Waals surface area contributed by atoms with Gasteiger partial charge in [-0.25, -0.2) is 8.42 Å². The Kier molecular flexibility index (Phi) is 5.36. The molecule has 0 atom stereocenters. The molecule has 0 bridgehead atoms. The normalized spacial score (nSPS) is 18.0. The van der Waals surface area contributed by atoms with E-state index in [0.29, 0.717) is 50.3 Å². The minimum atomic E-state index is -3.56. The molecule has 0 spiro atoms. The topological polar surface area (TPSA) is 90.9 Å². The Morgan fingerprint density at radius 1 is 1.07 bits per heavy atom. The summed E-state index contributed by atoms with van der Waals surface area (Å²) in [4.78, 5) is 0.237. The van der Waals surface area contributed by atoms with Crippen LogP contribution >= 0.6 is 0 Å². The number of sulfonamides is 1. The highest BCUT2D eigenvalue weighted by Crippen LogP contribution is 2.34. The van der Waals surface area contributed by atoms with E-state index >= 15 is 0 Å². The number of ether oxygens (including phenoxy) is 3. The van der Waals surface area contributed by atoms with Crippen LogP contribution in [0.5, 0.6) is 17.4 Å². The van der Waals surface area contributed by atoms with E-state index in [9.17, 15) is 8.42 Å². The first-order valence-corrected chi connectivity index (χ1v) is 10.8. The molecule has 0 saturated carbocycles. The predicted octanol–water partition coefficient (Wildman–Crippen LogP) is 2.04. The number of piperidine rings is 1. The average molecular weight is 405 g/mol. The fraction of sp³-hybridized carbons (Fsp3) is 0.474. The third-order valence-corrected chi connectivity index (χ3v) is 6.86. The van der Waals surface area contributed by atoms with Crippen LogP contribution in [-0.2, 0) is 10.0 Å². The maximum Gasteiger partial charge on any atom is 0.243 e. The Morgan fingerprint density at radius 3 is 2.54 bits per heavy atom. The molecule has 0 amide bonds. The Labute approximate surface area is 164 Å². The van der Waals surface area contributed by atoms with Crippen molar-refractivity contribution in [3.63, 3.8) is 0 Å². The van der Waals surface area contributed by atoms with Crippen LogP contribution in [0, 0.1) is 12.8 Å². The van der Waals surface area contributed by atoms with E-state index in [1.807, 2.05) is 13.0 Å². The molecule has 1 aromatic heterocycles. The molecule has 2 aromatic rings. The molecule has 28 heavy (non-hydrogen) atoms. The van der Waals surface area contributed by atoms with E-state index in [-0.39, 0.29) is 10.8 Å². The van der Waals surface area contributed by atoms with Gasteiger partial charge in [-0.3, -0.25) is 0 Å². The number of hydrogen-bond acceptors (Lipinski definition) is 7. The Bertz CT molecular complexity index is 925. The number of fused-ring (bicyclic) bond motifs is 1. The number of benzene rings is 1. The largest absolute Gasteiger partial charge is 0.486 e. The van der Waals surface area contributed by atoms with Crippen LogP contribution in [0.3, 0.4) is 0 Å². The van der Waals surface area contributed by atoms with Crippen molar-refractivity contribution in [2.45, 2.75) is 24.7 Å². The molecule has 4 rings (SSSR count). The molecule has 1 aromatic carbocycles. The van der Waals surface area contributed by atoms with Crippen molar-refractivity contribution in [2.75, 3.05) is 32.9 Å². The van der Waals surface area contributed by atoms with Crippen LogP contribution in [-0.4, -0.2) is 55.8 Å². The summed E-state index contributed by atoms with van der Waals surface area (Å²) in [5.41, 5.74) is 0.838. The van der Waals surface area contributed by atoms with E-state index in [1.54, 1.807) is 24.3 Å². The standard InChI is InChI=1S/C19H23N3O5S/c1-14-2-5-19(21-20-14)27-13-15-6-8-22(9-7-15)28(23,24)16-3-4-17-18(12-16)26-11-10-25-17/h2-5,12,15H,6-11,13H2,1H3. The molecule has 0 radical (unpaired) electrons. The zero-order valence-electron chi connectivity index (χ0n) is 15.7. The second-order valence-electron chi connectivity index (χ2n) is 6.98. The van der Waals surface area contributed by atoms with Gasteiger partial charge >= 0.3 is 0 Å². The van der Waals surface area contributed by atoms with Crippen molar-refractivity contribution in [1.82, 2.24) is 14.5 Å². The number of aryl methyl sites for hydroxylation is 1. The van der Waals surface area contributed by atoms with Crippen molar-refractivity contribution < 1.29 is 22.6 Å². The predicted molar refractivity (Wildman–Crippen MR) is 101 cm³/mol. The Hall–Kier alpha value is -2.39. The monoisotopic (exact) mass is 405 g/mol. The number of aromatic nitrogens is 2. The van der Waals surface area contributed by atoms with Gasteiger partial charge in [-0.05, 0) is 43.9 Å². The smallest absolute Gasteiger partial charge is 0.243 e. The fourth-order valence-electron chi connectivity index (χ4n) is 3.32. The highest BCUT2D eigenvalue weighted by molar-refractivity contribution is 7.89. The first-order chi connectivity index (χ1) is 13.5. The van der Waals surface area contributed by atoms with Crippen LogP contribution in [0.1, 0.15) is 18.5 Å². The van der Waals surface area contributed by atoms with Crippen molar-refractivity contribution in [2.24, 2.45) is 5.92 Å². The number of nitrogens with zero attached hydrogens (tertiary/aromatic N) is 3. The highest BCUT2D eigenvalue weighted by atomic mass is 32.2. The van der Waals surface area contributed by atoms with Gasteiger partial charge in [0, 0.05) is 25.2 Å². The van der Waals surface area contributed by atoms with Gasteiger partial charge < -0.3 is 14.2 Å². The third-order valence-electron chi connectivity index (χ3n) is 4.97. The molecule has 0 aliphatic carbocycles. The third kappa shape index (κ3) is 4.05. The lowest BCUT2D eigenvalue weighted by atomic mass is 9.99. The van der Waals surface area contributed by atoms with E-state index in [1.165, 1.54) is 4.31 Å². The maximum atomic E-state index is 13.0. The Balaban J connectivity index is 1.35. The van der Waals surface area contributed by atoms with Gasteiger partial charge in [-0.2, -0.15) is 9.40 Å². The van der Waals surface area contributed by atoms with Crippen molar-refractivity contribution in [3.05, 3.63) is 36.0 Å². The van der Waals surface area contributed by atoms with Gasteiger partial charge in [0.1, 0.15) is 13.2 Å². The van der Waals surface area contributed by atoms with E-state index in [0.717, 1.165) is 18.5 Å². The van der Waals surface area contributed by atoms with Gasteiger partial charge in [0.15, 0.2) is 11.5 Å². The molecule has 3 heterocycles. The molecule has 1 fully saturated rings. The lowest BCUT2D eigenvalue weighted by Gasteiger charge is -2.31. The van der Waals surface area contributed by atoms with E-state index < -0.39 is 10.0 Å². The van der Waals surface area contributed by atoms with E-state index in [4.69, 9.17) is 14.2 Å². The molecule has 1 saturated heterocycles. The lowest BCUT2D eigenvalue weighted by Crippen LogP contribution is -2.39. The van der Waals surface area contributed by atoms with Crippen LogP contribution < -0.4 is 14.2 Å². The SMILES string of the molecule is Cc1ccc(OCC2CCN(S(=O)(=O)c3ccc4c(c3)OCCO4)CC2)nn1. The summed E-state index contributed by atoms with van der Waals surface area (Å²) in [7, 11) is -3.56. The summed E-state index contributed by atoms with van der Waals surface area (Å²) in [5, 5.41) is 7.96. The zero-order valence-corrected chi connectivity index (χ0v) is 16.5. The lowest BCUT2D eigenvalue weighted by molar-refractivity contribution is 0.170. The molecule has 8 nitrogen and oxygen atoms in total. The second-order valence-corrected chi connectivity index (χ2v) is 8.91. The molecular weight excluding hydrogens is 382 g/mol. The first kappa shape index (κ1) is 18.9. The zero-order chi connectivity index (χ0) is 19.6. The summed E-state index contributed by atoms with van der Waals surface area (Å²) in [6.45, 7) is 4.20. The van der Waals surface area contributed by atoms with Gasteiger partial charge in [-0.1, -0.05) is 0 Å². The summed E-state index contributed by atoms with van der Waals surface area (Å²) < 4.78 is 44.1. The highest BCUT2D eigenvalue weighted by Gasteiger charge is 2.30. The summed E-state index contributed by atoms with van der Waals surface area (Å²) >= 11 is 0. The van der Waals surface area contributed by atoms with E-state index in [2.05, 4.69) is 10.2 Å². The fourth-order valence-corrected chi connectivity index (χ4v) is 4.80. The molecule has 2 aliphatic heterocycles. The Morgan fingerprint density at radius 2 is 1.82 bits per heavy atom. The minimum absolute atomic E-state index is 0.237. The molecule has 2 aliphatic rings. The van der Waals surface area contributed by atoms with Crippen molar-refractivity contribution >= 4 is 10.0 Å². The minimum Gasteiger partial charge on any atom is -0.486 e. The molecule has 0 unspecified atom stereocenters. The van der Waals surface area contributed by atoms with Gasteiger partial charge in [-0.15, -0.1) is 5.10 Å². The van der Waals surface area contributed by atoms with Crippen molar-refractivity contribution in [1.29, 1.82) is 0 Å². The quantitative estimate of drug-likeness (QED) is 0.752. The second kappa shape index (κ2) is 7.92. The number of hydrogen-bond donors (Lipinski definition) is 0. The van der Waals surface area contributed by atoms with Gasteiger partial charge in [0.25, 0.3) is 0 Å². The van der Waals surface area contributed by atoms with Crippen LogP contribution in [0.25, 0.3) is 0 Å². The van der Waals surface area contributed by atoms with Crippen molar-refractivity contribution in [3.8, 4) is 17.4 Å².